The predicted molar refractivity (Wildman–Crippen MR) is 80.9 cm³/mol. The number of rotatable bonds is 3. The van der Waals surface area contributed by atoms with E-state index in [-0.39, 0.29) is 5.56 Å². The van der Waals surface area contributed by atoms with Gasteiger partial charge in [-0.25, -0.2) is 4.79 Å². The second kappa shape index (κ2) is 5.31. The third-order valence-corrected chi connectivity index (χ3v) is 4.99. The highest BCUT2D eigenvalue weighted by molar-refractivity contribution is 7.90. The number of fused-ring (bicyclic) bond motifs is 1. The van der Waals surface area contributed by atoms with E-state index in [1.165, 1.54) is 10.4 Å². The zero-order chi connectivity index (χ0) is 15.8. The molecule has 0 unspecified atom stereocenters. The average Bonchev–Trinajstić information content (AvgIpc) is 2.34. The van der Waals surface area contributed by atoms with Gasteiger partial charge in [0.1, 0.15) is 0 Å². The number of carbonyl (C=O) groups is 1. The lowest BCUT2D eigenvalue weighted by molar-refractivity contribution is 0.0695. The molecule has 0 amide bonds. The van der Waals surface area contributed by atoms with E-state index in [2.05, 4.69) is 4.72 Å². The molecule has 21 heavy (non-hydrogen) atoms. The second-order valence-electron chi connectivity index (χ2n) is 6.14. The normalized spacial score (nSPS) is 15.7. The predicted octanol–water partition coefficient (Wildman–Crippen LogP) is 1.77. The van der Waals surface area contributed by atoms with E-state index >= 15 is 0 Å². The van der Waals surface area contributed by atoms with Crippen molar-refractivity contribution in [2.45, 2.75) is 39.2 Å². The van der Waals surface area contributed by atoms with Crippen LogP contribution in [0.3, 0.4) is 0 Å². The summed E-state index contributed by atoms with van der Waals surface area (Å²) in [6.45, 7) is 5.65. The van der Waals surface area contributed by atoms with Crippen molar-refractivity contribution in [3.8, 4) is 0 Å². The SMILES string of the molecule is CC(C)(C)NS(=O)(=O)N1CCCc2c(C(=O)O)cccc21. The molecule has 0 radical (unpaired) electrons. The van der Waals surface area contributed by atoms with Crippen LogP contribution in [-0.4, -0.2) is 31.6 Å². The number of carboxylic acids is 1. The molecule has 0 spiro atoms. The third-order valence-electron chi connectivity index (χ3n) is 3.16. The van der Waals surface area contributed by atoms with Crippen molar-refractivity contribution in [2.24, 2.45) is 0 Å². The van der Waals surface area contributed by atoms with E-state index in [9.17, 15) is 18.3 Å². The van der Waals surface area contributed by atoms with E-state index in [0.717, 1.165) is 0 Å². The minimum atomic E-state index is -3.71. The Morgan fingerprint density at radius 3 is 2.57 bits per heavy atom. The lowest BCUT2D eigenvalue weighted by atomic mass is 9.98. The summed E-state index contributed by atoms with van der Waals surface area (Å²) in [4.78, 5) is 11.3. The van der Waals surface area contributed by atoms with Gasteiger partial charge in [-0.2, -0.15) is 13.1 Å². The Labute approximate surface area is 125 Å². The molecule has 1 aromatic carbocycles. The number of hydrogen-bond acceptors (Lipinski definition) is 3. The summed E-state index contributed by atoms with van der Waals surface area (Å²) in [5.41, 5.74) is 0.609. The van der Waals surface area contributed by atoms with Crippen molar-refractivity contribution in [1.29, 1.82) is 0 Å². The number of benzene rings is 1. The van der Waals surface area contributed by atoms with Crippen molar-refractivity contribution in [2.75, 3.05) is 10.8 Å². The maximum absolute atomic E-state index is 12.5. The van der Waals surface area contributed by atoms with E-state index in [1.54, 1.807) is 32.9 Å². The number of anilines is 1. The lowest BCUT2D eigenvalue weighted by Gasteiger charge is -2.33. The Kier molecular flexibility index (Phi) is 3.99. The molecule has 2 N–H and O–H groups in total. The smallest absolute Gasteiger partial charge is 0.336 e. The molecule has 1 heterocycles. The summed E-state index contributed by atoms with van der Waals surface area (Å²) in [5.74, 6) is -1.03. The third kappa shape index (κ3) is 3.36. The van der Waals surface area contributed by atoms with Gasteiger partial charge in [0.05, 0.1) is 11.3 Å². The van der Waals surface area contributed by atoms with Gasteiger partial charge < -0.3 is 5.11 Å². The number of carboxylic acid groups (broad SMARTS) is 1. The van der Waals surface area contributed by atoms with Crippen LogP contribution in [0.4, 0.5) is 5.69 Å². The molecule has 0 aromatic heterocycles. The van der Waals surface area contributed by atoms with Gasteiger partial charge in [-0.05, 0) is 51.3 Å². The molecule has 1 aromatic rings. The average molecular weight is 312 g/mol. The molecule has 0 bridgehead atoms. The first-order chi connectivity index (χ1) is 9.62. The van der Waals surface area contributed by atoms with Gasteiger partial charge in [-0.3, -0.25) is 4.31 Å². The van der Waals surface area contributed by atoms with Crippen molar-refractivity contribution in [3.63, 3.8) is 0 Å². The van der Waals surface area contributed by atoms with Gasteiger partial charge in [0.15, 0.2) is 0 Å². The van der Waals surface area contributed by atoms with Crippen molar-refractivity contribution in [1.82, 2.24) is 4.72 Å². The monoisotopic (exact) mass is 312 g/mol. The molecule has 0 saturated heterocycles. The second-order valence-corrected chi connectivity index (χ2v) is 7.74. The standard InChI is InChI=1S/C14H20N2O4S/c1-14(2,3)15-21(19,20)16-9-5-7-10-11(13(17)18)6-4-8-12(10)16/h4,6,8,15H,5,7,9H2,1-3H3,(H,17,18). The summed E-state index contributed by atoms with van der Waals surface area (Å²) in [6.07, 6.45) is 1.17. The molecular formula is C14H20N2O4S. The van der Waals surface area contributed by atoms with Gasteiger partial charge in [-0.1, -0.05) is 6.07 Å². The number of nitrogens with zero attached hydrogens (tertiary/aromatic N) is 1. The maximum atomic E-state index is 12.5. The zero-order valence-electron chi connectivity index (χ0n) is 12.4. The van der Waals surface area contributed by atoms with E-state index < -0.39 is 21.7 Å². The van der Waals surface area contributed by atoms with Gasteiger partial charge in [-0.15, -0.1) is 0 Å². The van der Waals surface area contributed by atoms with E-state index in [1.807, 2.05) is 0 Å². The van der Waals surface area contributed by atoms with Crippen LogP contribution >= 0.6 is 0 Å². The van der Waals surface area contributed by atoms with Crippen LogP contribution in [0.2, 0.25) is 0 Å². The summed E-state index contributed by atoms with van der Waals surface area (Å²) in [7, 11) is -3.71. The van der Waals surface area contributed by atoms with Crippen LogP contribution in [0.5, 0.6) is 0 Å². The molecule has 6 nitrogen and oxygen atoms in total. The Morgan fingerprint density at radius 1 is 1.33 bits per heavy atom. The fourth-order valence-corrected chi connectivity index (χ4v) is 4.17. The van der Waals surface area contributed by atoms with Crippen molar-refractivity contribution >= 4 is 21.9 Å². The molecule has 116 valence electrons. The Morgan fingerprint density at radius 2 is 2.00 bits per heavy atom. The first-order valence-corrected chi connectivity index (χ1v) is 8.23. The summed E-state index contributed by atoms with van der Waals surface area (Å²) in [5, 5.41) is 9.23. The summed E-state index contributed by atoms with van der Waals surface area (Å²) >= 11 is 0. The quantitative estimate of drug-likeness (QED) is 0.890. The Bertz CT molecular complexity index is 662. The number of aromatic carboxylic acids is 1. The first-order valence-electron chi connectivity index (χ1n) is 6.79. The van der Waals surface area contributed by atoms with Crippen LogP contribution in [0.1, 0.15) is 43.1 Å². The topological polar surface area (TPSA) is 86.7 Å². The number of nitrogens with one attached hydrogen (secondary N) is 1. The van der Waals surface area contributed by atoms with Crippen LogP contribution < -0.4 is 9.03 Å². The highest BCUT2D eigenvalue weighted by Gasteiger charge is 2.32. The Hall–Kier alpha value is -1.60. The summed E-state index contributed by atoms with van der Waals surface area (Å²) < 4.78 is 28.9. The highest BCUT2D eigenvalue weighted by atomic mass is 32.2. The van der Waals surface area contributed by atoms with Crippen LogP contribution in [0.25, 0.3) is 0 Å². The van der Waals surface area contributed by atoms with Gasteiger partial charge in [0.25, 0.3) is 0 Å². The maximum Gasteiger partial charge on any atom is 0.336 e. The van der Waals surface area contributed by atoms with E-state index in [0.29, 0.717) is 30.6 Å². The molecule has 1 aliphatic heterocycles. The minimum Gasteiger partial charge on any atom is -0.478 e. The Balaban J connectivity index is 2.48. The minimum absolute atomic E-state index is 0.170. The van der Waals surface area contributed by atoms with Gasteiger partial charge >= 0.3 is 16.2 Å². The fraction of sp³-hybridized carbons (Fsp3) is 0.500. The summed E-state index contributed by atoms with van der Waals surface area (Å²) in [6, 6.07) is 4.74. The van der Waals surface area contributed by atoms with Gasteiger partial charge in [0.2, 0.25) is 0 Å². The van der Waals surface area contributed by atoms with Crippen LogP contribution in [0, 0.1) is 0 Å². The molecule has 0 atom stereocenters. The molecule has 1 aliphatic rings. The first kappa shape index (κ1) is 15.8. The molecule has 0 fully saturated rings. The molecule has 7 heteroatoms. The largest absolute Gasteiger partial charge is 0.478 e. The van der Waals surface area contributed by atoms with E-state index in [4.69, 9.17) is 0 Å². The lowest BCUT2D eigenvalue weighted by Crippen LogP contribution is -2.50. The fourth-order valence-electron chi connectivity index (χ4n) is 2.48. The molecular weight excluding hydrogens is 292 g/mol. The van der Waals surface area contributed by atoms with Gasteiger partial charge in [0, 0.05) is 12.1 Å². The van der Waals surface area contributed by atoms with Crippen molar-refractivity contribution < 1.29 is 18.3 Å². The van der Waals surface area contributed by atoms with Crippen LogP contribution in [-0.2, 0) is 16.6 Å². The van der Waals surface area contributed by atoms with Crippen LogP contribution in [0.15, 0.2) is 18.2 Å². The van der Waals surface area contributed by atoms with Crippen molar-refractivity contribution in [3.05, 3.63) is 29.3 Å². The molecule has 2 rings (SSSR count). The number of hydrogen-bond donors (Lipinski definition) is 2. The molecule has 0 aliphatic carbocycles. The zero-order valence-corrected chi connectivity index (χ0v) is 13.2. The highest BCUT2D eigenvalue weighted by Crippen LogP contribution is 2.31. The molecule has 0 saturated carbocycles.